The maximum Gasteiger partial charge on any atom is 0.328 e. The van der Waals surface area contributed by atoms with Crippen molar-refractivity contribution >= 4 is 22.6 Å². The van der Waals surface area contributed by atoms with E-state index in [0.717, 1.165) is 25.1 Å². The van der Waals surface area contributed by atoms with Gasteiger partial charge in [-0.3, -0.25) is 0 Å². The van der Waals surface area contributed by atoms with Gasteiger partial charge in [0.25, 0.3) is 0 Å². The Morgan fingerprint density at radius 2 is 2.22 bits per heavy atom. The number of carbonyl (C=O) groups excluding carboxylic acids is 1. The third kappa shape index (κ3) is 4.60. The van der Waals surface area contributed by atoms with Crippen LogP contribution in [-0.4, -0.2) is 28.5 Å². The van der Waals surface area contributed by atoms with Crippen LogP contribution in [0.5, 0.6) is 0 Å². The Balaban J connectivity index is 2.66. The summed E-state index contributed by atoms with van der Waals surface area (Å²) in [5.74, 6) is 0.985. The lowest BCUT2D eigenvalue weighted by molar-refractivity contribution is -0.141. The molecule has 1 atom stereocenters. The Morgan fingerprint density at radius 1 is 1.50 bits per heavy atom. The normalized spacial score (nSPS) is 12.5. The zero-order valence-corrected chi connectivity index (χ0v) is 12.2. The molecule has 1 heterocycles. The molecule has 0 radical (unpaired) electrons. The maximum absolute atomic E-state index is 11.7. The Hall–Kier alpha value is -1.17. The minimum Gasteiger partial charge on any atom is -0.467 e. The fourth-order valence-electron chi connectivity index (χ4n) is 1.61. The van der Waals surface area contributed by atoms with Gasteiger partial charge in [-0.05, 0) is 18.8 Å². The number of hydrogen-bond acceptors (Lipinski definition) is 6. The minimum absolute atomic E-state index is 0.254. The summed E-state index contributed by atoms with van der Waals surface area (Å²) >= 11 is 1.29. The molecular weight excluding hydrogens is 250 g/mol. The van der Waals surface area contributed by atoms with Crippen molar-refractivity contribution in [2.75, 3.05) is 12.4 Å². The van der Waals surface area contributed by atoms with Crippen molar-refractivity contribution in [2.45, 2.75) is 46.1 Å². The second-order valence-corrected chi connectivity index (χ2v) is 5.37. The highest BCUT2D eigenvalue weighted by atomic mass is 32.1. The summed E-state index contributed by atoms with van der Waals surface area (Å²) in [6.45, 7) is 6.23. The van der Waals surface area contributed by atoms with Crippen molar-refractivity contribution in [2.24, 2.45) is 5.92 Å². The first kappa shape index (κ1) is 14.9. The summed E-state index contributed by atoms with van der Waals surface area (Å²) < 4.78 is 9.03. The smallest absolute Gasteiger partial charge is 0.328 e. The molecule has 18 heavy (non-hydrogen) atoms. The van der Waals surface area contributed by atoms with Crippen molar-refractivity contribution in [3.8, 4) is 0 Å². The van der Waals surface area contributed by atoms with Crippen LogP contribution in [0.25, 0.3) is 0 Å². The van der Waals surface area contributed by atoms with Crippen LogP contribution >= 0.6 is 11.5 Å². The molecular formula is C12H21N3O2S. The highest BCUT2D eigenvalue weighted by Crippen LogP contribution is 2.17. The number of hydrogen-bond donors (Lipinski definition) is 1. The predicted molar refractivity (Wildman–Crippen MR) is 72.8 cm³/mol. The molecule has 0 bridgehead atoms. The average molecular weight is 271 g/mol. The van der Waals surface area contributed by atoms with Crippen LogP contribution in [0.1, 0.15) is 39.4 Å². The van der Waals surface area contributed by atoms with Gasteiger partial charge in [0.15, 0.2) is 0 Å². The quantitative estimate of drug-likeness (QED) is 0.772. The Labute approximate surface area is 112 Å². The van der Waals surface area contributed by atoms with Crippen molar-refractivity contribution in [1.29, 1.82) is 0 Å². The summed E-state index contributed by atoms with van der Waals surface area (Å²) in [5.41, 5.74) is 0. The van der Waals surface area contributed by atoms with E-state index in [1.807, 2.05) is 0 Å². The number of aromatic nitrogens is 2. The van der Waals surface area contributed by atoms with Crippen molar-refractivity contribution in [3.63, 3.8) is 0 Å². The van der Waals surface area contributed by atoms with Gasteiger partial charge in [0, 0.05) is 18.0 Å². The van der Waals surface area contributed by atoms with E-state index >= 15 is 0 Å². The molecule has 5 nitrogen and oxygen atoms in total. The van der Waals surface area contributed by atoms with Gasteiger partial charge in [0.05, 0.1) is 7.11 Å². The molecule has 0 spiro atoms. The molecule has 0 saturated heterocycles. The number of methoxy groups -OCH3 is 1. The molecule has 0 aliphatic carbocycles. The van der Waals surface area contributed by atoms with E-state index in [0.29, 0.717) is 11.0 Å². The third-order valence-corrected chi connectivity index (χ3v) is 3.12. The van der Waals surface area contributed by atoms with Gasteiger partial charge >= 0.3 is 5.97 Å². The lowest BCUT2D eigenvalue weighted by Crippen LogP contribution is -2.32. The molecule has 0 aromatic carbocycles. The summed E-state index contributed by atoms with van der Waals surface area (Å²) in [5, 5.41) is 3.80. The van der Waals surface area contributed by atoms with Crippen molar-refractivity contribution in [3.05, 3.63) is 5.82 Å². The number of rotatable bonds is 7. The number of carbonyl (C=O) groups is 1. The van der Waals surface area contributed by atoms with Crippen LogP contribution in [0.3, 0.4) is 0 Å². The van der Waals surface area contributed by atoms with E-state index in [2.05, 4.69) is 35.4 Å². The van der Waals surface area contributed by atoms with Crippen molar-refractivity contribution < 1.29 is 9.53 Å². The van der Waals surface area contributed by atoms with Gasteiger partial charge in [-0.1, -0.05) is 20.8 Å². The Bertz CT molecular complexity index is 379. The van der Waals surface area contributed by atoms with E-state index < -0.39 is 0 Å². The molecule has 102 valence electrons. The minimum atomic E-state index is -0.350. The molecule has 6 heteroatoms. The topological polar surface area (TPSA) is 64.1 Å². The van der Waals surface area contributed by atoms with Gasteiger partial charge in [-0.2, -0.15) is 4.37 Å². The van der Waals surface area contributed by atoms with Crippen LogP contribution in [0.4, 0.5) is 5.13 Å². The predicted octanol–water partition coefficient (Wildman–Crippen LogP) is 2.49. The average Bonchev–Trinajstić information content (AvgIpc) is 2.75. The van der Waals surface area contributed by atoms with Crippen LogP contribution in [0.15, 0.2) is 0 Å². The maximum atomic E-state index is 11.7. The standard InChI is InChI=1S/C12H21N3O2S/c1-5-6-10-14-12(18-15-10)13-9(7-8(2)3)11(16)17-4/h8-9H,5-7H2,1-4H3,(H,13,14,15). The van der Waals surface area contributed by atoms with E-state index in [1.165, 1.54) is 18.6 Å². The van der Waals surface area contributed by atoms with Crippen LogP contribution < -0.4 is 5.32 Å². The fourth-order valence-corrected chi connectivity index (χ4v) is 2.28. The molecule has 0 saturated carbocycles. The molecule has 0 amide bonds. The van der Waals surface area contributed by atoms with Gasteiger partial charge in [0.1, 0.15) is 11.9 Å². The number of aryl methyl sites for hydroxylation is 1. The van der Waals surface area contributed by atoms with Crippen LogP contribution in [0.2, 0.25) is 0 Å². The van der Waals surface area contributed by atoms with E-state index in [4.69, 9.17) is 4.74 Å². The lowest BCUT2D eigenvalue weighted by Gasteiger charge is -2.17. The second kappa shape index (κ2) is 7.31. The van der Waals surface area contributed by atoms with Crippen molar-refractivity contribution in [1.82, 2.24) is 9.36 Å². The number of ether oxygens (including phenoxy) is 1. The molecule has 0 fully saturated rings. The highest BCUT2D eigenvalue weighted by Gasteiger charge is 2.21. The van der Waals surface area contributed by atoms with E-state index in [-0.39, 0.29) is 12.0 Å². The SMILES string of the molecule is CCCc1nsc(NC(CC(C)C)C(=O)OC)n1. The fraction of sp³-hybridized carbons (Fsp3) is 0.750. The first-order valence-electron chi connectivity index (χ1n) is 6.23. The summed E-state index contributed by atoms with van der Waals surface area (Å²) in [6.07, 6.45) is 2.60. The largest absolute Gasteiger partial charge is 0.467 e. The molecule has 0 aliphatic rings. The third-order valence-electron chi connectivity index (χ3n) is 2.43. The number of esters is 1. The molecule has 1 unspecified atom stereocenters. The van der Waals surface area contributed by atoms with Gasteiger partial charge in [-0.15, -0.1) is 0 Å². The number of anilines is 1. The monoisotopic (exact) mass is 271 g/mol. The zero-order chi connectivity index (χ0) is 13.5. The van der Waals surface area contributed by atoms with E-state index in [9.17, 15) is 4.79 Å². The molecule has 1 N–H and O–H groups in total. The zero-order valence-electron chi connectivity index (χ0n) is 11.4. The Kier molecular flexibility index (Phi) is 6.04. The highest BCUT2D eigenvalue weighted by molar-refractivity contribution is 7.09. The first-order valence-corrected chi connectivity index (χ1v) is 7.01. The number of nitrogens with one attached hydrogen (secondary N) is 1. The van der Waals surface area contributed by atoms with Crippen LogP contribution in [0, 0.1) is 5.92 Å². The van der Waals surface area contributed by atoms with Gasteiger partial charge in [0.2, 0.25) is 5.13 Å². The summed E-state index contributed by atoms with van der Waals surface area (Å²) in [4.78, 5) is 16.0. The molecule has 0 aliphatic heterocycles. The van der Waals surface area contributed by atoms with E-state index in [1.54, 1.807) is 0 Å². The first-order chi connectivity index (χ1) is 8.56. The summed E-state index contributed by atoms with van der Waals surface area (Å²) in [7, 11) is 1.40. The summed E-state index contributed by atoms with van der Waals surface area (Å²) in [6, 6.07) is -0.350. The van der Waals surface area contributed by atoms with Gasteiger partial charge in [-0.25, -0.2) is 9.78 Å². The molecule has 1 aromatic rings. The van der Waals surface area contributed by atoms with Crippen LogP contribution in [-0.2, 0) is 16.0 Å². The second-order valence-electron chi connectivity index (χ2n) is 4.62. The van der Waals surface area contributed by atoms with Gasteiger partial charge < -0.3 is 10.1 Å². The molecule has 1 rings (SSSR count). The Morgan fingerprint density at radius 3 is 2.78 bits per heavy atom. The lowest BCUT2D eigenvalue weighted by atomic mass is 10.0. The molecule has 1 aromatic heterocycles. The number of nitrogens with zero attached hydrogens (tertiary/aromatic N) is 2.